The quantitative estimate of drug-likeness (QED) is 0.154. The number of hydrogen-bond acceptors (Lipinski definition) is 0. The van der Waals surface area contributed by atoms with Crippen molar-refractivity contribution < 1.29 is 0 Å². The molecule has 0 saturated carbocycles. The zero-order chi connectivity index (χ0) is 50.4. The van der Waals surface area contributed by atoms with Gasteiger partial charge in [0.15, 0.2) is 0 Å². The van der Waals surface area contributed by atoms with Gasteiger partial charge in [0.25, 0.3) is 0 Å². The molecule has 0 bridgehead atoms. The molecule has 354 valence electrons. The highest BCUT2D eigenvalue weighted by Gasteiger charge is 2.41. The second-order valence-electron chi connectivity index (χ2n) is 25.1. The molecule has 0 aromatic heterocycles. The molecule has 0 heteroatoms. The molecule has 72 heavy (non-hydrogen) atoms. The molecule has 3 aliphatic carbocycles. The van der Waals surface area contributed by atoms with Crippen LogP contribution in [0, 0.1) is 6.92 Å². The normalized spacial score (nSPS) is 13.8. The first-order valence-electron chi connectivity index (χ1n) is 26.2. The van der Waals surface area contributed by atoms with Crippen molar-refractivity contribution in [2.24, 2.45) is 0 Å². The molecule has 12 rings (SSSR count). The van der Waals surface area contributed by atoms with E-state index in [1.54, 1.807) is 0 Å². The Kier molecular flexibility index (Phi) is 10.1. The van der Waals surface area contributed by atoms with Crippen molar-refractivity contribution in [2.75, 3.05) is 0 Å². The number of rotatable bonds is 4. The van der Waals surface area contributed by atoms with Crippen molar-refractivity contribution in [1.29, 1.82) is 0 Å². The van der Waals surface area contributed by atoms with E-state index in [2.05, 4.69) is 260 Å². The summed E-state index contributed by atoms with van der Waals surface area (Å²) in [6, 6.07) is 58.4. The van der Waals surface area contributed by atoms with Gasteiger partial charge in [0.05, 0.1) is 0 Å². The maximum Gasteiger partial charge on any atom is 0.0335 e. The Bertz CT molecular complexity index is 3820. The van der Waals surface area contributed by atoms with Gasteiger partial charge in [-0.2, -0.15) is 0 Å². The summed E-state index contributed by atoms with van der Waals surface area (Å²) in [5.41, 5.74) is 33.7. The minimum atomic E-state index is -0.0506. The first-order chi connectivity index (χ1) is 34.2. The van der Waals surface area contributed by atoms with Crippen molar-refractivity contribution in [2.45, 2.75) is 112 Å². The third kappa shape index (κ3) is 7.01. The van der Waals surface area contributed by atoms with Crippen LogP contribution in [-0.2, 0) is 21.7 Å². The molecule has 0 heterocycles. The van der Waals surface area contributed by atoms with E-state index >= 15 is 0 Å². The van der Waals surface area contributed by atoms with Crippen molar-refractivity contribution in [1.82, 2.24) is 0 Å². The number of benzene rings is 9. The zero-order valence-corrected chi connectivity index (χ0v) is 44.6. The Labute approximate surface area is 428 Å². The second kappa shape index (κ2) is 15.9. The second-order valence-corrected chi connectivity index (χ2v) is 25.1. The number of hydrogen-bond donors (Lipinski definition) is 0. The Morgan fingerprint density at radius 1 is 0.319 bits per heavy atom. The molecule has 0 radical (unpaired) electrons. The Morgan fingerprint density at radius 3 is 1.24 bits per heavy atom. The molecule has 9 aromatic carbocycles. The number of allylic oxidation sites excluding steroid dienone is 2. The van der Waals surface area contributed by atoms with Crippen LogP contribution in [0.3, 0.4) is 0 Å². The van der Waals surface area contributed by atoms with Crippen LogP contribution in [0.4, 0.5) is 0 Å². The van der Waals surface area contributed by atoms with Gasteiger partial charge >= 0.3 is 0 Å². The van der Waals surface area contributed by atoms with Crippen LogP contribution in [-0.4, -0.2) is 0 Å². The molecule has 3 aliphatic rings. The van der Waals surface area contributed by atoms with Crippen LogP contribution in [0.2, 0.25) is 0 Å². The van der Waals surface area contributed by atoms with Gasteiger partial charge in [-0.05, 0) is 174 Å². The van der Waals surface area contributed by atoms with E-state index in [-0.39, 0.29) is 21.7 Å². The van der Waals surface area contributed by atoms with Gasteiger partial charge < -0.3 is 0 Å². The molecule has 9 aromatic rings. The molecule has 0 spiro atoms. The molecule has 0 unspecified atom stereocenters. The van der Waals surface area contributed by atoms with Crippen LogP contribution in [0.25, 0.3) is 99.5 Å². The SMILES string of the molecule is Cc1cccc2c(-c3cc(C(C)(C)C)cc(C(C)(C)C)c3)c3c(c(-c4ccccc4)c12)-c1ccc2c4c1C3=CC=C=C4c1c-2c(-c2ccccc2)c2ccccc2c1-c1cc(C(C)(C)C)cc(C(C)(C)C)c1. The maximum atomic E-state index is 4.09. The average molecular weight is 931 g/mol. The summed E-state index contributed by atoms with van der Waals surface area (Å²) in [7, 11) is 0. The standard InChI is InChI=1S/C72H66/c1-42-24-22-31-53-58(42)62(44-27-18-15-19-28-44)68-57-35-34-56-63-54(32-23-33-55(64(57)63)66(68)61(53)46-38-49(71(8,9)10)41-50(39-46)72(11,12)13)65-60(45-36-47(69(2,3)4)40-48(37-45)70(5,6)7)52-30-21-20-29-51(52)59(67(56)65)43-25-16-14-17-26-43/h14-31,33-41H,1-13H3. The van der Waals surface area contributed by atoms with E-state index in [4.69, 9.17) is 0 Å². The predicted octanol–water partition coefficient (Wildman–Crippen LogP) is 20.2. The third-order valence-electron chi connectivity index (χ3n) is 16.1. The molecule has 0 nitrogen and oxygen atoms in total. The van der Waals surface area contributed by atoms with Crippen LogP contribution in [0.1, 0.15) is 133 Å². The van der Waals surface area contributed by atoms with Gasteiger partial charge in [-0.25, -0.2) is 0 Å². The molecule has 0 N–H and O–H groups in total. The van der Waals surface area contributed by atoms with Crippen LogP contribution in [0.5, 0.6) is 0 Å². The molecule has 0 amide bonds. The monoisotopic (exact) mass is 931 g/mol. The Hall–Kier alpha value is -7.24. The predicted molar refractivity (Wildman–Crippen MR) is 311 cm³/mol. The lowest BCUT2D eigenvalue weighted by Gasteiger charge is -2.28. The zero-order valence-electron chi connectivity index (χ0n) is 44.6. The van der Waals surface area contributed by atoms with E-state index in [1.807, 2.05) is 0 Å². The number of aryl methyl sites for hydroxylation is 1. The summed E-state index contributed by atoms with van der Waals surface area (Å²) < 4.78 is 0. The third-order valence-corrected chi connectivity index (χ3v) is 16.1. The fraction of sp³-hybridized carbons (Fsp3) is 0.236. The summed E-state index contributed by atoms with van der Waals surface area (Å²) in [6.07, 6.45) is 4.67. The first-order valence-corrected chi connectivity index (χ1v) is 26.2. The lowest BCUT2D eigenvalue weighted by Crippen LogP contribution is -2.16. The van der Waals surface area contributed by atoms with Crippen molar-refractivity contribution in [3.63, 3.8) is 0 Å². The lowest BCUT2D eigenvalue weighted by molar-refractivity contribution is 0.568. The van der Waals surface area contributed by atoms with E-state index in [1.165, 1.54) is 150 Å². The van der Waals surface area contributed by atoms with E-state index in [0.717, 1.165) is 0 Å². The molecule has 0 aliphatic heterocycles. The Morgan fingerprint density at radius 2 is 0.736 bits per heavy atom. The molecule has 0 atom stereocenters. The fourth-order valence-electron chi connectivity index (χ4n) is 12.2. The van der Waals surface area contributed by atoms with E-state index < -0.39 is 0 Å². The summed E-state index contributed by atoms with van der Waals surface area (Å²) >= 11 is 0. The minimum Gasteiger partial charge on any atom is -0.112 e. The Balaban J connectivity index is 1.25. The van der Waals surface area contributed by atoms with Gasteiger partial charge in [-0.15, -0.1) is 5.73 Å². The number of fused-ring (bicyclic) bond motifs is 8. The van der Waals surface area contributed by atoms with Crippen LogP contribution < -0.4 is 0 Å². The van der Waals surface area contributed by atoms with Crippen LogP contribution in [0.15, 0.2) is 170 Å². The van der Waals surface area contributed by atoms with Gasteiger partial charge in [-0.3, -0.25) is 0 Å². The maximum absolute atomic E-state index is 4.09. The van der Waals surface area contributed by atoms with Gasteiger partial charge in [-0.1, -0.05) is 235 Å². The van der Waals surface area contributed by atoms with Gasteiger partial charge in [0, 0.05) is 16.7 Å². The topological polar surface area (TPSA) is 0 Å². The smallest absolute Gasteiger partial charge is 0.0335 e. The highest BCUT2D eigenvalue weighted by atomic mass is 14.4. The lowest BCUT2D eigenvalue weighted by atomic mass is 9.76. The minimum absolute atomic E-state index is 0.0503. The van der Waals surface area contributed by atoms with Crippen molar-refractivity contribution in [3.05, 3.63) is 220 Å². The van der Waals surface area contributed by atoms with Gasteiger partial charge in [0.1, 0.15) is 0 Å². The summed E-state index contributed by atoms with van der Waals surface area (Å²) in [5, 5.41) is 5.15. The van der Waals surface area contributed by atoms with Crippen molar-refractivity contribution >= 4 is 32.7 Å². The summed E-state index contributed by atoms with van der Waals surface area (Å²) in [4.78, 5) is 0. The van der Waals surface area contributed by atoms with E-state index in [0.29, 0.717) is 0 Å². The summed E-state index contributed by atoms with van der Waals surface area (Å²) in [6.45, 7) is 30.6. The highest BCUT2D eigenvalue weighted by molar-refractivity contribution is 6.27. The van der Waals surface area contributed by atoms with E-state index in [9.17, 15) is 0 Å². The van der Waals surface area contributed by atoms with Crippen molar-refractivity contribution in [3.8, 4) is 66.8 Å². The largest absolute Gasteiger partial charge is 0.112 e. The molecule has 0 fully saturated rings. The van der Waals surface area contributed by atoms with Crippen LogP contribution >= 0.6 is 0 Å². The molecular formula is C72H66. The average Bonchev–Trinajstić information content (AvgIpc) is 3.75. The van der Waals surface area contributed by atoms with Gasteiger partial charge in [0.2, 0.25) is 0 Å². The first kappa shape index (κ1) is 45.9. The fourth-order valence-corrected chi connectivity index (χ4v) is 12.2. The molecule has 0 saturated heterocycles. The highest BCUT2D eigenvalue weighted by Crippen LogP contribution is 2.64. The molecular weight excluding hydrogens is 865 g/mol. The summed E-state index contributed by atoms with van der Waals surface area (Å²) in [5.74, 6) is 0.